The minimum absolute atomic E-state index is 0.0190. The van der Waals surface area contributed by atoms with Gasteiger partial charge in [-0.15, -0.1) is 0 Å². The molecule has 5 nitrogen and oxygen atoms in total. The van der Waals surface area contributed by atoms with Crippen molar-refractivity contribution in [1.82, 2.24) is 0 Å². The van der Waals surface area contributed by atoms with Gasteiger partial charge in [-0.1, -0.05) is 6.07 Å². The van der Waals surface area contributed by atoms with E-state index in [1.165, 1.54) is 29.2 Å². The first-order valence-electron chi connectivity index (χ1n) is 5.89. The van der Waals surface area contributed by atoms with Crippen molar-refractivity contribution in [3.63, 3.8) is 0 Å². The fraction of sp³-hybridized carbons (Fsp3) is 0.0667. The number of carbonyl (C=O) groups excluding carboxylic acids is 1. The molecule has 0 radical (unpaired) electrons. The van der Waals surface area contributed by atoms with Crippen molar-refractivity contribution >= 4 is 17.6 Å². The normalized spacial score (nSPS) is 10.1. The summed E-state index contributed by atoms with van der Waals surface area (Å²) in [4.78, 5) is 24.4. The lowest BCUT2D eigenvalue weighted by Gasteiger charge is -2.17. The topological polar surface area (TPSA) is 77.8 Å². The first kappa shape index (κ1) is 13.6. The Hall–Kier alpha value is -2.82. The summed E-state index contributed by atoms with van der Waals surface area (Å²) in [6.07, 6.45) is 0. The minimum atomic E-state index is -1.02. The predicted molar refractivity (Wildman–Crippen MR) is 74.2 cm³/mol. The average molecular weight is 271 g/mol. The molecule has 0 saturated carbocycles. The van der Waals surface area contributed by atoms with Gasteiger partial charge in [-0.25, -0.2) is 4.79 Å². The zero-order valence-corrected chi connectivity index (χ0v) is 10.8. The van der Waals surface area contributed by atoms with Gasteiger partial charge >= 0.3 is 5.97 Å². The molecule has 1 amide bonds. The van der Waals surface area contributed by atoms with Gasteiger partial charge in [-0.3, -0.25) is 4.79 Å². The van der Waals surface area contributed by atoms with E-state index in [2.05, 4.69) is 0 Å². The highest BCUT2D eigenvalue weighted by molar-refractivity contribution is 6.06. The Labute approximate surface area is 115 Å². The lowest BCUT2D eigenvalue weighted by molar-refractivity contribution is 0.0696. The van der Waals surface area contributed by atoms with Crippen LogP contribution < -0.4 is 4.90 Å². The van der Waals surface area contributed by atoms with Crippen molar-refractivity contribution in [2.75, 3.05) is 11.9 Å². The van der Waals surface area contributed by atoms with Crippen molar-refractivity contribution in [3.05, 3.63) is 59.7 Å². The van der Waals surface area contributed by atoms with Crippen molar-refractivity contribution < 1.29 is 19.8 Å². The largest absolute Gasteiger partial charge is 0.508 e. The van der Waals surface area contributed by atoms with E-state index < -0.39 is 5.97 Å². The van der Waals surface area contributed by atoms with Gasteiger partial charge in [0.05, 0.1) is 5.56 Å². The second-order valence-electron chi connectivity index (χ2n) is 4.27. The molecule has 2 N–H and O–H groups in total. The zero-order chi connectivity index (χ0) is 14.7. The van der Waals surface area contributed by atoms with E-state index in [1.54, 1.807) is 31.3 Å². The van der Waals surface area contributed by atoms with E-state index in [1.807, 2.05) is 0 Å². The van der Waals surface area contributed by atoms with Gasteiger partial charge in [0.25, 0.3) is 5.91 Å². The summed E-state index contributed by atoms with van der Waals surface area (Å²) in [7, 11) is 1.59. The van der Waals surface area contributed by atoms with Crippen LogP contribution in [0.15, 0.2) is 48.5 Å². The zero-order valence-electron chi connectivity index (χ0n) is 10.8. The van der Waals surface area contributed by atoms with Crippen LogP contribution in [-0.4, -0.2) is 29.1 Å². The lowest BCUT2D eigenvalue weighted by atomic mass is 10.1. The van der Waals surface area contributed by atoms with Crippen LogP contribution >= 0.6 is 0 Å². The molecule has 0 aliphatic carbocycles. The number of hydrogen-bond acceptors (Lipinski definition) is 3. The number of carboxylic acids is 1. The third-order valence-corrected chi connectivity index (χ3v) is 2.90. The van der Waals surface area contributed by atoms with Crippen molar-refractivity contribution in [3.8, 4) is 5.75 Å². The third kappa shape index (κ3) is 2.77. The molecule has 0 bridgehead atoms. The molecule has 20 heavy (non-hydrogen) atoms. The van der Waals surface area contributed by atoms with E-state index in [4.69, 9.17) is 5.11 Å². The SMILES string of the molecule is CN(C(=O)c1cccc(O)c1)c1ccc(C(=O)O)cc1. The molecule has 0 spiro atoms. The first-order valence-corrected chi connectivity index (χ1v) is 5.89. The molecule has 0 aliphatic rings. The summed E-state index contributed by atoms with van der Waals surface area (Å²) in [6.45, 7) is 0. The van der Waals surface area contributed by atoms with Crippen molar-refractivity contribution in [1.29, 1.82) is 0 Å². The Kier molecular flexibility index (Phi) is 3.70. The molecule has 0 heterocycles. The molecule has 2 aromatic rings. The summed E-state index contributed by atoms with van der Waals surface area (Å²) < 4.78 is 0. The van der Waals surface area contributed by atoms with E-state index >= 15 is 0 Å². The number of hydrogen-bond donors (Lipinski definition) is 2. The van der Waals surface area contributed by atoms with Gasteiger partial charge in [-0.2, -0.15) is 0 Å². The number of anilines is 1. The highest BCUT2D eigenvalue weighted by Crippen LogP contribution is 2.18. The van der Waals surface area contributed by atoms with Gasteiger partial charge in [0.2, 0.25) is 0 Å². The van der Waals surface area contributed by atoms with Crippen LogP contribution in [0.3, 0.4) is 0 Å². The number of benzene rings is 2. The Balaban J connectivity index is 2.24. The van der Waals surface area contributed by atoms with Crippen LogP contribution in [0.1, 0.15) is 20.7 Å². The maximum atomic E-state index is 12.2. The molecule has 0 fully saturated rings. The molecule has 0 saturated heterocycles. The summed E-state index contributed by atoms with van der Waals surface area (Å²) in [5.74, 6) is -1.28. The molecule has 0 atom stereocenters. The smallest absolute Gasteiger partial charge is 0.335 e. The molecular formula is C15H13NO4. The summed E-state index contributed by atoms with van der Waals surface area (Å²) in [5.41, 5.74) is 1.09. The number of carboxylic acid groups (broad SMARTS) is 1. The quantitative estimate of drug-likeness (QED) is 0.898. The number of phenolic OH excluding ortho intramolecular Hbond substituents is 1. The highest BCUT2D eigenvalue weighted by Gasteiger charge is 2.14. The van der Waals surface area contributed by atoms with Crippen LogP contribution in [0.2, 0.25) is 0 Å². The minimum Gasteiger partial charge on any atom is -0.508 e. The number of aromatic hydroxyl groups is 1. The fourth-order valence-corrected chi connectivity index (χ4v) is 1.78. The molecule has 102 valence electrons. The number of carbonyl (C=O) groups is 2. The van der Waals surface area contributed by atoms with Crippen LogP contribution in [0, 0.1) is 0 Å². The summed E-state index contributed by atoms with van der Waals surface area (Å²) in [5, 5.41) is 18.2. The number of aromatic carboxylic acids is 1. The summed E-state index contributed by atoms with van der Waals surface area (Å²) >= 11 is 0. The molecule has 5 heteroatoms. The molecule has 2 aromatic carbocycles. The molecule has 0 aliphatic heterocycles. The van der Waals surface area contributed by atoms with E-state index in [0.29, 0.717) is 11.3 Å². The van der Waals surface area contributed by atoms with E-state index in [0.717, 1.165) is 0 Å². The number of amides is 1. The maximum Gasteiger partial charge on any atom is 0.335 e. The standard InChI is InChI=1S/C15H13NO4/c1-16(12-7-5-10(6-8-12)15(19)20)14(18)11-3-2-4-13(17)9-11/h2-9,17H,1H3,(H,19,20). The van der Waals surface area contributed by atoms with Gasteiger partial charge < -0.3 is 15.1 Å². The first-order chi connectivity index (χ1) is 9.49. The second-order valence-corrected chi connectivity index (χ2v) is 4.27. The number of nitrogens with zero attached hydrogens (tertiary/aromatic N) is 1. The molecule has 2 rings (SSSR count). The maximum absolute atomic E-state index is 12.2. The second kappa shape index (κ2) is 5.44. The van der Waals surface area contributed by atoms with E-state index in [-0.39, 0.29) is 17.2 Å². The average Bonchev–Trinajstić information content (AvgIpc) is 2.46. The Bertz CT molecular complexity index is 649. The van der Waals surface area contributed by atoms with Gasteiger partial charge in [0, 0.05) is 18.3 Å². The Morgan fingerprint density at radius 2 is 1.65 bits per heavy atom. The van der Waals surface area contributed by atoms with Gasteiger partial charge in [-0.05, 0) is 42.5 Å². The molecule has 0 unspecified atom stereocenters. The Morgan fingerprint density at radius 1 is 1.00 bits per heavy atom. The Morgan fingerprint density at radius 3 is 2.20 bits per heavy atom. The number of phenols is 1. The lowest BCUT2D eigenvalue weighted by Crippen LogP contribution is -2.26. The van der Waals surface area contributed by atoms with Crippen molar-refractivity contribution in [2.45, 2.75) is 0 Å². The van der Waals surface area contributed by atoms with Crippen LogP contribution in [0.4, 0.5) is 5.69 Å². The predicted octanol–water partition coefficient (Wildman–Crippen LogP) is 2.37. The monoisotopic (exact) mass is 271 g/mol. The summed E-state index contributed by atoms with van der Waals surface area (Å²) in [6, 6.07) is 12.0. The van der Waals surface area contributed by atoms with Gasteiger partial charge in [0.1, 0.15) is 5.75 Å². The van der Waals surface area contributed by atoms with Gasteiger partial charge in [0.15, 0.2) is 0 Å². The highest BCUT2D eigenvalue weighted by atomic mass is 16.4. The van der Waals surface area contributed by atoms with Crippen LogP contribution in [0.25, 0.3) is 0 Å². The molecule has 0 aromatic heterocycles. The number of rotatable bonds is 3. The van der Waals surface area contributed by atoms with Crippen LogP contribution in [0.5, 0.6) is 5.75 Å². The van der Waals surface area contributed by atoms with E-state index in [9.17, 15) is 14.7 Å². The van der Waals surface area contributed by atoms with Crippen molar-refractivity contribution in [2.24, 2.45) is 0 Å². The van der Waals surface area contributed by atoms with Crippen LogP contribution in [-0.2, 0) is 0 Å². The third-order valence-electron chi connectivity index (χ3n) is 2.90. The fourth-order valence-electron chi connectivity index (χ4n) is 1.78. The molecular weight excluding hydrogens is 258 g/mol.